The molecule has 0 unspecified atom stereocenters. The van der Waals surface area contributed by atoms with Gasteiger partial charge in [-0.25, -0.2) is 0 Å². The molecule has 0 aliphatic carbocycles. The summed E-state index contributed by atoms with van der Waals surface area (Å²) in [6.45, 7) is 12.2. The fourth-order valence-corrected chi connectivity index (χ4v) is 0. The summed E-state index contributed by atoms with van der Waals surface area (Å²) in [7, 11) is 0. The zero-order valence-corrected chi connectivity index (χ0v) is 10.6. The van der Waals surface area contributed by atoms with Crippen LogP contribution in [0, 0.1) is 19.7 Å². The summed E-state index contributed by atoms with van der Waals surface area (Å²) >= 11 is 0. The Kier molecular flexibility index (Phi) is 6380. The molecule has 0 rings (SSSR count). The predicted molar refractivity (Wildman–Crippen MR) is 89.4 cm³/mol. The Bertz CT molecular complexity index is 76.5. The quantitative estimate of drug-likeness (QED) is 0.373. The van der Waals surface area contributed by atoms with Crippen LogP contribution in [0.1, 0.15) is 74.5 Å². The minimum atomic E-state index is 0. The summed E-state index contributed by atoms with van der Waals surface area (Å²) in [5.74, 6) is 0. The van der Waals surface area contributed by atoms with Crippen molar-refractivity contribution in [2.24, 2.45) is 10.6 Å². The summed E-state index contributed by atoms with van der Waals surface area (Å²) < 4.78 is 0. The SMILES string of the molecule is C.C.C.CC.CC.CCC.O.O=NN=O.O=O.OO.[H+].[H+].[H+]. The van der Waals surface area contributed by atoms with Crippen molar-refractivity contribution in [2.75, 3.05) is 0 Å². The molecule has 19 heavy (non-hydrogen) atoms. The molecule has 0 amide bonds. The van der Waals surface area contributed by atoms with Crippen LogP contribution in [0.5, 0.6) is 0 Å². The molecule has 0 radical (unpaired) electrons. The highest BCUT2D eigenvalue weighted by Gasteiger charge is 1.44. The molecular formula is C10H39N2O7+3. The molecule has 0 saturated heterocycles. The van der Waals surface area contributed by atoms with Crippen LogP contribution >= 0.6 is 0 Å². The van der Waals surface area contributed by atoms with E-state index in [1.54, 1.807) is 10.6 Å². The van der Waals surface area contributed by atoms with Gasteiger partial charge in [-0.05, 0) is 0 Å². The second-order valence-electron chi connectivity index (χ2n) is 0.870. The first-order valence-corrected chi connectivity index (χ1v) is 4.35. The maximum atomic E-state index is 8.44. The predicted octanol–water partition coefficient (Wildman–Crippen LogP) is 5.41. The monoisotopic (exact) mass is 299 g/mol. The summed E-state index contributed by atoms with van der Waals surface area (Å²) in [5.41, 5.74) is 0. The molecule has 9 heteroatoms. The van der Waals surface area contributed by atoms with Gasteiger partial charge in [-0.1, -0.05) is 70.2 Å². The van der Waals surface area contributed by atoms with Gasteiger partial charge >= 0.3 is 4.28 Å². The summed E-state index contributed by atoms with van der Waals surface area (Å²) in [4.78, 5) is 30.9. The van der Waals surface area contributed by atoms with Crippen LogP contribution in [-0.4, -0.2) is 16.0 Å². The average molecular weight is 299 g/mol. The highest BCUT2D eigenvalue weighted by molar-refractivity contribution is 4.11. The topological polar surface area (TPSA) is 165 Å². The molecule has 0 aliphatic heterocycles. The fourth-order valence-electron chi connectivity index (χ4n) is 0. The van der Waals surface area contributed by atoms with E-state index in [0.717, 1.165) is 0 Å². The van der Waals surface area contributed by atoms with E-state index in [2.05, 4.69) is 13.8 Å². The molecule has 0 fully saturated rings. The van der Waals surface area contributed by atoms with E-state index in [0.29, 0.717) is 0 Å². The Morgan fingerprint density at radius 2 is 0.842 bits per heavy atom. The molecule has 0 aromatic heterocycles. The van der Waals surface area contributed by atoms with Gasteiger partial charge in [-0.3, -0.25) is 10.5 Å². The first-order chi connectivity index (χ1) is 7.33. The highest BCUT2D eigenvalue weighted by atomic mass is 17.0. The van der Waals surface area contributed by atoms with Gasteiger partial charge in [0.1, 0.15) is 10.6 Å². The first-order valence-electron chi connectivity index (χ1n) is 4.35. The molecule has 0 saturated carbocycles. The van der Waals surface area contributed by atoms with Crippen molar-refractivity contribution in [3.05, 3.63) is 19.7 Å². The average Bonchev–Trinajstić information content (AvgIpc) is 2.39. The smallest absolute Gasteiger partial charge is 0.412 e. The van der Waals surface area contributed by atoms with Crippen LogP contribution in [-0.2, 0) is 0 Å². The molecule has 0 spiro atoms. The van der Waals surface area contributed by atoms with Crippen molar-refractivity contribution in [3.63, 3.8) is 0 Å². The molecule has 0 aliphatic rings. The van der Waals surface area contributed by atoms with E-state index in [-0.39, 0.29) is 32.0 Å². The van der Waals surface area contributed by atoms with Gasteiger partial charge in [-0.2, -0.15) is 0 Å². The Morgan fingerprint density at radius 1 is 0.789 bits per heavy atom. The highest BCUT2D eigenvalue weighted by Crippen LogP contribution is 1.56. The second-order valence-corrected chi connectivity index (χ2v) is 0.870. The lowest BCUT2D eigenvalue weighted by molar-refractivity contribution is -0.176. The standard InChI is InChI=1S/C3H8.2C2H6.3CH4.N2O2.H2O2.O2.H2O/c1-3-2;2*1-2;;;;3-1-2-4;2*1-2;/h3H2,1-2H3;2*1-2H3;3*1H4;;1-2H;;1H2/p+3. The van der Waals surface area contributed by atoms with Gasteiger partial charge in [0.15, 0.2) is 0 Å². The molecule has 0 bridgehead atoms. The van der Waals surface area contributed by atoms with Crippen LogP contribution in [0.3, 0.4) is 0 Å². The maximum absolute atomic E-state index is 8.44. The van der Waals surface area contributed by atoms with Gasteiger partial charge < -0.3 is 5.48 Å². The second kappa shape index (κ2) is 1450. The number of nitrogens with zero attached hydrogens (tertiary/aromatic N) is 2. The lowest BCUT2D eigenvalue weighted by atomic mass is 10.6. The van der Waals surface area contributed by atoms with Crippen molar-refractivity contribution in [1.29, 1.82) is 0 Å². The normalized spacial score (nSPS) is 3.16. The minimum Gasteiger partial charge on any atom is -0.412 e. The first kappa shape index (κ1) is 83.4. The molecule has 0 aromatic carbocycles. The Hall–Kier alpha value is -1.32. The molecular weight excluding hydrogens is 260 g/mol. The van der Waals surface area contributed by atoms with E-state index in [9.17, 15) is 0 Å². The number of hydrogen-bond acceptors (Lipinski definition) is 6. The van der Waals surface area contributed by atoms with Gasteiger partial charge in [0.25, 0.3) is 0 Å². The number of rotatable bonds is 1. The molecule has 128 valence electrons. The van der Waals surface area contributed by atoms with Gasteiger partial charge in [0, 0.05) is 9.93 Å². The van der Waals surface area contributed by atoms with E-state index < -0.39 is 0 Å². The Morgan fingerprint density at radius 3 is 0.842 bits per heavy atom. The minimum absolute atomic E-state index is 0. The summed E-state index contributed by atoms with van der Waals surface area (Å²) in [6.07, 6.45) is 1.25. The van der Waals surface area contributed by atoms with Crippen molar-refractivity contribution < 1.29 is 20.3 Å². The molecule has 9 nitrogen and oxygen atoms in total. The Balaban J connectivity index is -0.00000000386. The zero-order chi connectivity index (χ0) is 14.1. The molecule has 0 heterocycles. The van der Waals surface area contributed by atoms with Crippen molar-refractivity contribution in [3.8, 4) is 0 Å². The van der Waals surface area contributed by atoms with Crippen LogP contribution in [0.25, 0.3) is 0 Å². The van der Waals surface area contributed by atoms with Crippen LogP contribution in [0.4, 0.5) is 0 Å². The number of nitroso groups, excluding NO2 is 2. The van der Waals surface area contributed by atoms with Crippen LogP contribution in [0.15, 0.2) is 10.6 Å². The van der Waals surface area contributed by atoms with Gasteiger partial charge in [0.05, 0.1) is 0 Å². The third-order valence-corrected chi connectivity index (χ3v) is 0.0333. The molecule has 4 N–H and O–H groups in total. The third-order valence-electron chi connectivity index (χ3n) is 0.0333. The molecule has 0 aromatic rings. The summed E-state index contributed by atoms with van der Waals surface area (Å²) in [5, 5.41) is 15.1. The van der Waals surface area contributed by atoms with E-state index in [1.807, 2.05) is 27.7 Å². The largest absolute Gasteiger partial charge is 1.00 e. The van der Waals surface area contributed by atoms with E-state index in [1.165, 1.54) is 6.42 Å². The van der Waals surface area contributed by atoms with Gasteiger partial charge in [0.2, 0.25) is 0 Å². The van der Waals surface area contributed by atoms with E-state index >= 15 is 0 Å². The Labute approximate surface area is 122 Å². The fraction of sp³-hybridized carbons (Fsp3) is 1.00. The molecule has 0 atom stereocenters. The third kappa shape index (κ3) is 35100. The number of hydrogen-bond donors (Lipinski definition) is 2. The van der Waals surface area contributed by atoms with Crippen molar-refractivity contribution >= 4 is 0 Å². The lowest BCUT2D eigenvalue weighted by Gasteiger charge is -1.48. The zero-order valence-electron chi connectivity index (χ0n) is 13.6. The van der Waals surface area contributed by atoms with Crippen molar-refractivity contribution in [2.45, 2.75) is 70.2 Å². The summed E-state index contributed by atoms with van der Waals surface area (Å²) in [6, 6.07) is 0. The van der Waals surface area contributed by atoms with Crippen molar-refractivity contribution in [1.82, 2.24) is 0 Å². The van der Waals surface area contributed by atoms with E-state index in [4.69, 9.17) is 30.3 Å². The maximum Gasteiger partial charge on any atom is 1.00 e. The van der Waals surface area contributed by atoms with Crippen LogP contribution < -0.4 is 0 Å². The lowest BCUT2D eigenvalue weighted by Crippen LogP contribution is -1.29. The van der Waals surface area contributed by atoms with Gasteiger partial charge in [-0.15, -0.1) is 9.81 Å². The van der Waals surface area contributed by atoms with Crippen LogP contribution in [0.2, 0.25) is 0 Å².